The number of amides is 2. The SMILES string of the molecule is Cc1ccc(NC(=O)C[S@](=O)CC(=O)Nc2ccc3c(c2)CCC3)cc1Cl. The van der Waals surface area contributed by atoms with Gasteiger partial charge in [-0.2, -0.15) is 0 Å². The number of hydrogen-bond donors (Lipinski definition) is 2. The van der Waals surface area contributed by atoms with Crippen molar-refractivity contribution in [1.82, 2.24) is 0 Å². The van der Waals surface area contributed by atoms with Gasteiger partial charge in [-0.15, -0.1) is 0 Å². The second kappa shape index (κ2) is 8.67. The minimum absolute atomic E-state index is 0.223. The van der Waals surface area contributed by atoms with Gasteiger partial charge in [-0.05, 0) is 67.1 Å². The van der Waals surface area contributed by atoms with E-state index in [0.29, 0.717) is 16.4 Å². The lowest BCUT2D eigenvalue weighted by atomic mass is 10.1. The smallest absolute Gasteiger partial charge is 0.237 e. The molecule has 1 atom stereocenters. The number of anilines is 2. The van der Waals surface area contributed by atoms with E-state index >= 15 is 0 Å². The normalized spacial score (nSPS) is 13.7. The van der Waals surface area contributed by atoms with Crippen molar-refractivity contribution in [2.24, 2.45) is 0 Å². The summed E-state index contributed by atoms with van der Waals surface area (Å²) in [5.41, 5.74) is 4.72. The van der Waals surface area contributed by atoms with E-state index in [1.807, 2.05) is 25.1 Å². The summed E-state index contributed by atoms with van der Waals surface area (Å²) in [4.78, 5) is 24.1. The molecule has 1 aliphatic rings. The van der Waals surface area contributed by atoms with Crippen molar-refractivity contribution in [2.75, 3.05) is 22.1 Å². The largest absolute Gasteiger partial charge is 0.325 e. The fraction of sp³-hybridized carbons (Fsp3) is 0.300. The van der Waals surface area contributed by atoms with Crippen LogP contribution in [0.1, 0.15) is 23.1 Å². The van der Waals surface area contributed by atoms with Crippen LogP contribution < -0.4 is 10.6 Å². The molecule has 5 nitrogen and oxygen atoms in total. The molecule has 0 fully saturated rings. The molecule has 0 aliphatic heterocycles. The van der Waals surface area contributed by atoms with E-state index in [2.05, 4.69) is 10.6 Å². The molecule has 0 spiro atoms. The first-order chi connectivity index (χ1) is 12.9. The first-order valence-corrected chi connectivity index (χ1v) is 10.6. The van der Waals surface area contributed by atoms with Gasteiger partial charge in [0.05, 0.1) is 0 Å². The third kappa shape index (κ3) is 5.40. The number of hydrogen-bond acceptors (Lipinski definition) is 3. The zero-order valence-electron chi connectivity index (χ0n) is 15.0. The van der Waals surface area contributed by atoms with Gasteiger partial charge >= 0.3 is 0 Å². The number of aryl methyl sites for hydroxylation is 3. The van der Waals surface area contributed by atoms with E-state index in [4.69, 9.17) is 11.6 Å². The van der Waals surface area contributed by atoms with E-state index in [9.17, 15) is 13.8 Å². The van der Waals surface area contributed by atoms with Gasteiger partial charge in [0.1, 0.15) is 11.5 Å². The molecule has 2 aromatic carbocycles. The fourth-order valence-corrected chi connectivity index (χ4v) is 4.07. The van der Waals surface area contributed by atoms with Gasteiger partial charge in [0.2, 0.25) is 11.8 Å². The van der Waals surface area contributed by atoms with E-state index < -0.39 is 16.7 Å². The van der Waals surface area contributed by atoms with Gasteiger partial charge in [0.15, 0.2) is 0 Å². The second-order valence-corrected chi connectivity index (χ2v) is 8.49. The number of carbonyl (C=O) groups excluding carboxylic acids is 2. The van der Waals surface area contributed by atoms with Crippen molar-refractivity contribution < 1.29 is 13.8 Å². The molecule has 2 amide bonds. The summed E-state index contributed by atoms with van der Waals surface area (Å²) in [6.45, 7) is 1.86. The third-order valence-electron chi connectivity index (χ3n) is 4.42. The Morgan fingerprint density at radius 3 is 2.22 bits per heavy atom. The summed E-state index contributed by atoms with van der Waals surface area (Å²) < 4.78 is 12.1. The van der Waals surface area contributed by atoms with Crippen molar-refractivity contribution in [1.29, 1.82) is 0 Å². The molecule has 142 valence electrons. The van der Waals surface area contributed by atoms with Gasteiger partial charge in [-0.1, -0.05) is 23.7 Å². The number of carbonyl (C=O) groups is 2. The van der Waals surface area contributed by atoms with Crippen LogP contribution in [-0.4, -0.2) is 27.5 Å². The maximum Gasteiger partial charge on any atom is 0.237 e. The van der Waals surface area contributed by atoms with Gasteiger partial charge in [0, 0.05) is 27.2 Å². The zero-order valence-corrected chi connectivity index (χ0v) is 16.6. The minimum Gasteiger partial charge on any atom is -0.325 e. The standard InChI is InChI=1S/C20H21ClN2O3S/c1-13-5-7-17(10-18(13)21)23-20(25)12-27(26)11-19(24)22-16-8-6-14-3-2-4-15(14)9-16/h5-10H,2-4,11-12H2,1H3,(H,22,24)(H,23,25)/t27-/m1/s1. The second-order valence-electron chi connectivity index (χ2n) is 6.63. The molecule has 7 heteroatoms. The Hall–Kier alpha value is -2.18. The Morgan fingerprint density at radius 1 is 0.963 bits per heavy atom. The highest BCUT2D eigenvalue weighted by atomic mass is 35.5. The van der Waals surface area contributed by atoms with E-state index in [1.54, 1.807) is 18.2 Å². The van der Waals surface area contributed by atoms with E-state index in [0.717, 1.165) is 24.8 Å². The highest BCUT2D eigenvalue weighted by Crippen LogP contribution is 2.25. The summed E-state index contributed by atoms with van der Waals surface area (Å²) >= 11 is 6.02. The molecule has 2 aromatic rings. The molecule has 0 radical (unpaired) electrons. The number of benzene rings is 2. The summed E-state index contributed by atoms with van der Waals surface area (Å²) in [5.74, 6) is -1.25. The Bertz CT molecular complexity index is 914. The van der Waals surface area contributed by atoms with Crippen LogP contribution in [0.25, 0.3) is 0 Å². The molecule has 0 heterocycles. The average Bonchev–Trinajstić information content (AvgIpc) is 3.05. The predicted molar refractivity (Wildman–Crippen MR) is 110 cm³/mol. The minimum atomic E-state index is -1.59. The maximum absolute atomic E-state index is 12.1. The van der Waals surface area contributed by atoms with Crippen LogP contribution >= 0.6 is 11.6 Å². The van der Waals surface area contributed by atoms with E-state index in [1.165, 1.54) is 11.1 Å². The summed E-state index contributed by atoms with van der Waals surface area (Å²) in [6, 6.07) is 11.0. The molecule has 0 saturated heterocycles. The molecular formula is C20H21ClN2O3S. The molecule has 1 aliphatic carbocycles. The van der Waals surface area contributed by atoms with Crippen LogP contribution in [0, 0.1) is 6.92 Å². The zero-order chi connectivity index (χ0) is 19.4. The molecule has 0 unspecified atom stereocenters. The van der Waals surface area contributed by atoms with Crippen LogP contribution in [0.2, 0.25) is 5.02 Å². The number of rotatable bonds is 6. The molecule has 27 heavy (non-hydrogen) atoms. The molecule has 0 bridgehead atoms. The lowest BCUT2D eigenvalue weighted by molar-refractivity contribution is -0.114. The summed E-state index contributed by atoms with van der Waals surface area (Å²) in [5, 5.41) is 5.95. The fourth-order valence-electron chi connectivity index (χ4n) is 3.06. The number of fused-ring (bicyclic) bond motifs is 1. The Labute approximate surface area is 166 Å². The Morgan fingerprint density at radius 2 is 1.56 bits per heavy atom. The highest BCUT2D eigenvalue weighted by Gasteiger charge is 2.15. The van der Waals surface area contributed by atoms with Gasteiger partial charge < -0.3 is 10.6 Å². The highest BCUT2D eigenvalue weighted by molar-refractivity contribution is 7.86. The van der Waals surface area contributed by atoms with Crippen LogP contribution in [0.3, 0.4) is 0 Å². The molecule has 3 rings (SSSR count). The summed E-state index contributed by atoms with van der Waals surface area (Å²) in [6.07, 6.45) is 3.24. The van der Waals surface area contributed by atoms with Gasteiger partial charge in [-0.3, -0.25) is 13.8 Å². The van der Waals surface area contributed by atoms with Crippen molar-refractivity contribution in [3.63, 3.8) is 0 Å². The number of nitrogens with one attached hydrogen (secondary N) is 2. The lowest BCUT2D eigenvalue weighted by Gasteiger charge is -2.08. The molecular weight excluding hydrogens is 384 g/mol. The first-order valence-electron chi connectivity index (χ1n) is 8.73. The van der Waals surface area contributed by atoms with Crippen molar-refractivity contribution >= 4 is 45.6 Å². The lowest BCUT2D eigenvalue weighted by Crippen LogP contribution is -2.26. The van der Waals surface area contributed by atoms with Crippen LogP contribution in [-0.2, 0) is 33.2 Å². The van der Waals surface area contributed by atoms with Gasteiger partial charge in [-0.25, -0.2) is 0 Å². The van der Waals surface area contributed by atoms with E-state index in [-0.39, 0.29) is 17.4 Å². The monoisotopic (exact) mass is 404 g/mol. The Kier molecular flexibility index (Phi) is 6.29. The van der Waals surface area contributed by atoms with Crippen LogP contribution in [0.5, 0.6) is 0 Å². The maximum atomic E-state index is 12.1. The van der Waals surface area contributed by atoms with Gasteiger partial charge in [0.25, 0.3) is 0 Å². The molecule has 0 saturated carbocycles. The van der Waals surface area contributed by atoms with Crippen molar-refractivity contribution in [3.05, 3.63) is 58.1 Å². The van der Waals surface area contributed by atoms with Crippen molar-refractivity contribution in [2.45, 2.75) is 26.2 Å². The first kappa shape index (κ1) is 19.6. The summed E-state index contributed by atoms with van der Waals surface area (Å²) in [7, 11) is -1.59. The molecule has 2 N–H and O–H groups in total. The van der Waals surface area contributed by atoms with Crippen LogP contribution in [0.15, 0.2) is 36.4 Å². The quantitative estimate of drug-likeness (QED) is 0.774. The number of halogens is 1. The van der Waals surface area contributed by atoms with Crippen LogP contribution in [0.4, 0.5) is 11.4 Å². The third-order valence-corrected chi connectivity index (χ3v) is 6.00. The average molecular weight is 405 g/mol. The molecule has 0 aromatic heterocycles. The Balaban J connectivity index is 1.48. The predicted octanol–water partition coefficient (Wildman–Crippen LogP) is 3.46. The topological polar surface area (TPSA) is 75.3 Å². The van der Waals surface area contributed by atoms with Crippen molar-refractivity contribution in [3.8, 4) is 0 Å².